The van der Waals surface area contributed by atoms with E-state index < -0.39 is 16.0 Å². The molecule has 1 aliphatic rings. The minimum absolute atomic E-state index is 0.0599. The molecule has 192 valence electrons. The van der Waals surface area contributed by atoms with Crippen LogP contribution in [0.25, 0.3) is 6.08 Å². The predicted octanol–water partition coefficient (Wildman–Crippen LogP) is 4.63. The van der Waals surface area contributed by atoms with Crippen molar-refractivity contribution in [2.24, 2.45) is 0 Å². The highest BCUT2D eigenvalue weighted by Gasteiger charge is 2.35. The Morgan fingerprint density at radius 2 is 1.73 bits per heavy atom. The summed E-state index contributed by atoms with van der Waals surface area (Å²) in [6.45, 7) is 1.71. The van der Waals surface area contributed by atoms with Gasteiger partial charge in [0.2, 0.25) is 10.0 Å². The fraction of sp³-hybridized carbons (Fsp3) is 0.185. The highest BCUT2D eigenvalue weighted by atomic mass is 35.5. The van der Waals surface area contributed by atoms with Crippen molar-refractivity contribution < 1.29 is 27.2 Å². The van der Waals surface area contributed by atoms with Crippen LogP contribution in [0.5, 0.6) is 0 Å². The average Bonchev–Trinajstić information content (AvgIpc) is 3.42. The number of benzene rings is 2. The number of hydrogen-bond donors (Lipinski definition) is 0. The van der Waals surface area contributed by atoms with E-state index in [9.17, 15) is 18.0 Å². The Balaban J connectivity index is 1.66. The van der Waals surface area contributed by atoms with Gasteiger partial charge in [-0.05, 0) is 55.0 Å². The van der Waals surface area contributed by atoms with Crippen LogP contribution in [0.3, 0.4) is 0 Å². The van der Waals surface area contributed by atoms with Gasteiger partial charge < -0.3 is 14.1 Å². The highest BCUT2D eigenvalue weighted by molar-refractivity contribution is 7.89. The lowest BCUT2D eigenvalue weighted by atomic mass is 10.1. The van der Waals surface area contributed by atoms with Gasteiger partial charge in [0.1, 0.15) is 11.5 Å². The fourth-order valence-corrected chi connectivity index (χ4v) is 5.46. The summed E-state index contributed by atoms with van der Waals surface area (Å²) in [6.07, 6.45) is 1.46. The third-order valence-corrected chi connectivity index (χ3v) is 8.07. The van der Waals surface area contributed by atoms with Crippen LogP contribution in [0, 0.1) is 0 Å². The smallest absolute Gasteiger partial charge is 0.340 e. The van der Waals surface area contributed by atoms with Gasteiger partial charge in [-0.1, -0.05) is 41.9 Å². The van der Waals surface area contributed by atoms with E-state index >= 15 is 0 Å². The summed E-state index contributed by atoms with van der Waals surface area (Å²) in [5.41, 5.74) is 1.57. The molecule has 0 atom stereocenters. The number of carbonyl (C=O) groups excluding carboxylic acids is 2. The monoisotopic (exact) mass is 540 g/mol. The van der Waals surface area contributed by atoms with Gasteiger partial charge in [-0.3, -0.25) is 4.79 Å². The van der Waals surface area contributed by atoms with Crippen LogP contribution < -0.4 is 0 Å². The molecule has 0 spiro atoms. The third-order valence-electron chi connectivity index (χ3n) is 6.01. The SMILES string of the molecule is COC(=O)C1=C(C)N(C)C(=O)/C1=C/c1ccc(CN(Cc2ccccc2)S(=O)(=O)c2ccc(Cl)cc2)o1. The lowest BCUT2D eigenvalue weighted by molar-refractivity contribution is -0.136. The Morgan fingerprint density at radius 1 is 1.05 bits per heavy atom. The van der Waals surface area contributed by atoms with Crippen molar-refractivity contribution >= 4 is 39.6 Å². The summed E-state index contributed by atoms with van der Waals surface area (Å²) in [4.78, 5) is 26.5. The normalized spacial score (nSPS) is 15.2. The number of ether oxygens (including phenoxy) is 1. The quantitative estimate of drug-likeness (QED) is 0.305. The van der Waals surface area contributed by atoms with Gasteiger partial charge in [-0.2, -0.15) is 4.31 Å². The first-order chi connectivity index (χ1) is 17.6. The molecule has 0 saturated heterocycles. The fourth-order valence-electron chi connectivity index (χ4n) is 3.94. The van der Waals surface area contributed by atoms with E-state index in [2.05, 4.69) is 0 Å². The van der Waals surface area contributed by atoms with Gasteiger partial charge in [0, 0.05) is 24.3 Å². The number of amides is 1. The lowest BCUT2D eigenvalue weighted by Crippen LogP contribution is -2.30. The number of allylic oxidation sites excluding steroid dienone is 1. The lowest BCUT2D eigenvalue weighted by Gasteiger charge is -2.21. The van der Waals surface area contributed by atoms with Crippen molar-refractivity contribution in [1.82, 2.24) is 9.21 Å². The molecule has 10 heteroatoms. The first-order valence-corrected chi connectivity index (χ1v) is 13.1. The van der Waals surface area contributed by atoms with Crippen LogP contribution in [0.1, 0.15) is 24.0 Å². The van der Waals surface area contributed by atoms with Crippen LogP contribution in [-0.2, 0) is 37.4 Å². The largest absolute Gasteiger partial charge is 0.465 e. The van der Waals surface area contributed by atoms with E-state index in [0.29, 0.717) is 22.2 Å². The molecule has 1 amide bonds. The Bertz CT molecular complexity index is 1490. The molecule has 2 aromatic carbocycles. The standard InChI is InChI=1S/C27H25ClN2O6S/c1-18-25(27(32)35-3)24(26(31)29(18)2)15-21-11-12-22(36-21)17-30(16-19-7-5-4-6-8-19)37(33,34)23-13-9-20(28)10-14-23/h4-15H,16-17H2,1-3H3/b24-15+. The van der Waals surface area contributed by atoms with Gasteiger partial charge in [0.25, 0.3) is 5.91 Å². The van der Waals surface area contributed by atoms with E-state index in [0.717, 1.165) is 5.56 Å². The second kappa shape index (κ2) is 10.8. The van der Waals surface area contributed by atoms with Crippen molar-refractivity contribution in [3.63, 3.8) is 0 Å². The second-order valence-corrected chi connectivity index (χ2v) is 10.8. The Hall–Kier alpha value is -3.66. The zero-order valence-electron chi connectivity index (χ0n) is 20.5. The number of methoxy groups -OCH3 is 1. The van der Waals surface area contributed by atoms with Crippen LogP contribution in [0.4, 0.5) is 0 Å². The average molecular weight is 541 g/mol. The topological polar surface area (TPSA) is 97.1 Å². The maximum Gasteiger partial charge on any atom is 0.340 e. The molecule has 0 fully saturated rings. The maximum absolute atomic E-state index is 13.5. The number of furan rings is 1. The Morgan fingerprint density at radius 3 is 2.38 bits per heavy atom. The van der Waals surface area contributed by atoms with E-state index in [1.807, 2.05) is 30.3 Å². The van der Waals surface area contributed by atoms with E-state index in [1.165, 1.54) is 46.7 Å². The molecule has 0 aliphatic carbocycles. The summed E-state index contributed by atoms with van der Waals surface area (Å²) < 4.78 is 39.1. The second-order valence-electron chi connectivity index (χ2n) is 8.39. The Kier molecular flexibility index (Phi) is 7.68. The number of likely N-dealkylation sites (N-methyl/N-ethyl adjacent to an activating group) is 1. The first-order valence-electron chi connectivity index (χ1n) is 11.3. The van der Waals surface area contributed by atoms with Crippen molar-refractivity contribution in [3.05, 3.63) is 106 Å². The highest BCUT2D eigenvalue weighted by Crippen LogP contribution is 2.31. The molecule has 1 aromatic heterocycles. The molecule has 4 rings (SSSR count). The maximum atomic E-state index is 13.5. The number of sulfonamides is 1. The molecule has 2 heterocycles. The predicted molar refractivity (Wildman–Crippen MR) is 138 cm³/mol. The molecule has 1 aliphatic heterocycles. The molecule has 0 unspecified atom stereocenters. The van der Waals surface area contributed by atoms with Gasteiger partial charge in [0.15, 0.2) is 0 Å². The molecule has 0 saturated carbocycles. The van der Waals surface area contributed by atoms with E-state index in [4.69, 9.17) is 20.8 Å². The zero-order valence-corrected chi connectivity index (χ0v) is 22.0. The molecule has 8 nitrogen and oxygen atoms in total. The van der Waals surface area contributed by atoms with Gasteiger partial charge in [0.05, 0.1) is 29.7 Å². The van der Waals surface area contributed by atoms with Crippen molar-refractivity contribution in [2.75, 3.05) is 14.2 Å². The summed E-state index contributed by atoms with van der Waals surface area (Å²) >= 11 is 5.95. The van der Waals surface area contributed by atoms with E-state index in [1.54, 1.807) is 26.1 Å². The van der Waals surface area contributed by atoms with Crippen molar-refractivity contribution in [3.8, 4) is 0 Å². The Labute approximate surface area is 220 Å². The van der Waals surface area contributed by atoms with Crippen LogP contribution in [0.15, 0.2) is 92.9 Å². The zero-order chi connectivity index (χ0) is 26.7. The minimum atomic E-state index is -3.90. The minimum Gasteiger partial charge on any atom is -0.465 e. The molecule has 0 radical (unpaired) electrons. The van der Waals surface area contributed by atoms with Gasteiger partial charge in [-0.25, -0.2) is 13.2 Å². The summed E-state index contributed by atoms with van der Waals surface area (Å²) in [5, 5.41) is 0.431. The van der Waals surface area contributed by atoms with Crippen molar-refractivity contribution in [1.29, 1.82) is 0 Å². The number of halogens is 1. The summed E-state index contributed by atoms with van der Waals surface area (Å²) in [5.74, 6) is -0.339. The number of hydrogen-bond acceptors (Lipinski definition) is 6. The molecular weight excluding hydrogens is 516 g/mol. The van der Waals surface area contributed by atoms with Gasteiger partial charge in [-0.15, -0.1) is 0 Å². The molecule has 3 aromatic rings. The number of carbonyl (C=O) groups is 2. The number of nitrogens with zero attached hydrogens (tertiary/aromatic N) is 2. The third kappa shape index (κ3) is 5.53. The van der Waals surface area contributed by atoms with Crippen molar-refractivity contribution in [2.45, 2.75) is 24.9 Å². The van der Waals surface area contributed by atoms with Crippen LogP contribution in [0.2, 0.25) is 5.02 Å². The van der Waals surface area contributed by atoms with E-state index in [-0.39, 0.29) is 35.0 Å². The number of esters is 1. The van der Waals surface area contributed by atoms with Crippen LogP contribution >= 0.6 is 11.6 Å². The molecular formula is C27H25ClN2O6S. The first kappa shape index (κ1) is 26.4. The number of rotatable bonds is 8. The summed E-state index contributed by atoms with van der Waals surface area (Å²) in [6, 6.07) is 18.4. The van der Waals surface area contributed by atoms with Crippen LogP contribution in [-0.4, -0.2) is 43.7 Å². The van der Waals surface area contributed by atoms with Gasteiger partial charge >= 0.3 is 5.97 Å². The molecule has 0 N–H and O–H groups in total. The molecule has 0 bridgehead atoms. The summed E-state index contributed by atoms with van der Waals surface area (Å²) in [7, 11) is -1.09. The molecule has 37 heavy (non-hydrogen) atoms.